The lowest BCUT2D eigenvalue weighted by atomic mass is 10.00. The molecule has 1 amide bonds. The number of nitrogens with zero attached hydrogens (tertiary/aromatic N) is 3. The van der Waals surface area contributed by atoms with E-state index in [1.54, 1.807) is 12.0 Å². The number of hydrogen-bond donors (Lipinski definition) is 0. The van der Waals surface area contributed by atoms with Crippen molar-refractivity contribution in [2.45, 2.75) is 33.4 Å². The summed E-state index contributed by atoms with van der Waals surface area (Å²) in [6.45, 7) is 5.83. The molecule has 0 N–H and O–H groups in total. The van der Waals surface area contributed by atoms with Crippen LogP contribution in [0.15, 0.2) is 35.9 Å². The Hall–Kier alpha value is -3.37. The molecule has 0 saturated carbocycles. The zero-order valence-electron chi connectivity index (χ0n) is 18.2. The molecule has 3 rings (SSSR count). The van der Waals surface area contributed by atoms with Crippen LogP contribution in [-0.2, 0) is 38.6 Å². The third-order valence-electron chi connectivity index (χ3n) is 5.58. The lowest BCUT2D eigenvalue weighted by molar-refractivity contribution is -0.149. The van der Waals surface area contributed by atoms with Crippen LogP contribution in [0.4, 0.5) is 0 Å². The molecule has 1 aliphatic heterocycles. The quantitative estimate of drug-likeness (QED) is 0.390. The highest BCUT2D eigenvalue weighted by atomic mass is 16.5. The van der Waals surface area contributed by atoms with Gasteiger partial charge in [0.15, 0.2) is 6.61 Å². The highest BCUT2D eigenvalue weighted by Gasteiger charge is 2.22. The molecule has 31 heavy (non-hydrogen) atoms. The molecule has 1 aromatic heterocycles. The van der Waals surface area contributed by atoms with Crippen molar-refractivity contribution in [3.8, 4) is 6.07 Å². The van der Waals surface area contributed by atoms with Crippen LogP contribution in [0.25, 0.3) is 6.08 Å². The summed E-state index contributed by atoms with van der Waals surface area (Å²) >= 11 is 0. The Morgan fingerprint density at radius 1 is 1.23 bits per heavy atom. The Kier molecular flexibility index (Phi) is 7.27. The zero-order chi connectivity index (χ0) is 22.4. The Balaban J connectivity index is 1.63. The van der Waals surface area contributed by atoms with Gasteiger partial charge in [-0.2, -0.15) is 5.26 Å². The third-order valence-corrected chi connectivity index (χ3v) is 5.58. The summed E-state index contributed by atoms with van der Waals surface area (Å²) in [5.74, 6) is -1.06. The fraction of sp³-hybridized carbons (Fsp3) is 0.375. The molecule has 0 radical (unpaired) electrons. The number of carbonyl (C=O) groups is 2. The van der Waals surface area contributed by atoms with Crippen LogP contribution < -0.4 is 0 Å². The van der Waals surface area contributed by atoms with Crippen LogP contribution in [0.5, 0.6) is 0 Å². The minimum atomic E-state index is -0.796. The minimum Gasteiger partial charge on any atom is -0.451 e. The van der Waals surface area contributed by atoms with Crippen molar-refractivity contribution in [2.75, 3.05) is 26.9 Å². The van der Waals surface area contributed by atoms with Gasteiger partial charge in [0.1, 0.15) is 11.6 Å². The van der Waals surface area contributed by atoms with Crippen molar-refractivity contribution in [3.63, 3.8) is 0 Å². The molecule has 7 nitrogen and oxygen atoms in total. The van der Waals surface area contributed by atoms with Crippen LogP contribution in [0.3, 0.4) is 0 Å². The van der Waals surface area contributed by atoms with Crippen LogP contribution in [0, 0.1) is 25.2 Å². The first-order valence-corrected chi connectivity index (χ1v) is 10.2. The van der Waals surface area contributed by atoms with Gasteiger partial charge in [0.25, 0.3) is 5.91 Å². The van der Waals surface area contributed by atoms with E-state index in [1.807, 2.05) is 44.2 Å². The molecule has 0 spiro atoms. The molecule has 2 aromatic rings. The van der Waals surface area contributed by atoms with Gasteiger partial charge in [0.2, 0.25) is 0 Å². The normalized spacial score (nSPS) is 13.5. The summed E-state index contributed by atoms with van der Waals surface area (Å²) in [5, 5.41) is 9.45. The number of aromatic nitrogens is 1. The summed E-state index contributed by atoms with van der Waals surface area (Å²) in [5.41, 5.74) is 4.91. The minimum absolute atomic E-state index is 0.135. The van der Waals surface area contributed by atoms with Gasteiger partial charge in [-0.25, -0.2) is 4.79 Å². The second-order valence-corrected chi connectivity index (χ2v) is 7.55. The van der Waals surface area contributed by atoms with E-state index in [9.17, 15) is 14.9 Å². The van der Waals surface area contributed by atoms with Crippen LogP contribution in [0.1, 0.15) is 28.1 Å². The van der Waals surface area contributed by atoms with E-state index in [4.69, 9.17) is 9.47 Å². The highest BCUT2D eigenvalue weighted by molar-refractivity contribution is 5.99. The smallest absolute Gasteiger partial charge is 0.349 e. The van der Waals surface area contributed by atoms with Gasteiger partial charge < -0.3 is 18.9 Å². The number of hydrogen-bond acceptors (Lipinski definition) is 5. The molecule has 7 heteroatoms. The maximum atomic E-state index is 12.5. The van der Waals surface area contributed by atoms with E-state index in [-0.39, 0.29) is 18.1 Å². The Bertz CT molecular complexity index is 1050. The maximum Gasteiger partial charge on any atom is 0.349 e. The number of esters is 1. The second-order valence-electron chi connectivity index (χ2n) is 7.55. The lowest BCUT2D eigenvalue weighted by Gasteiger charge is -2.28. The van der Waals surface area contributed by atoms with Gasteiger partial charge >= 0.3 is 5.97 Å². The monoisotopic (exact) mass is 421 g/mol. The maximum absolute atomic E-state index is 12.5. The van der Waals surface area contributed by atoms with Crippen molar-refractivity contribution < 1.29 is 19.1 Å². The fourth-order valence-electron chi connectivity index (χ4n) is 3.80. The number of ether oxygens (including phenoxy) is 2. The molecule has 162 valence electrons. The van der Waals surface area contributed by atoms with Gasteiger partial charge in [-0.15, -0.1) is 0 Å². The Morgan fingerprint density at radius 2 is 1.97 bits per heavy atom. The third kappa shape index (κ3) is 5.22. The SMILES string of the molecule is COCCn1c(C)cc(/C=C(\C#N)C(=O)OCC(=O)N2CCc3ccccc3C2)c1C. The van der Waals surface area contributed by atoms with Crippen molar-refractivity contribution in [3.05, 3.63) is 64.0 Å². The summed E-state index contributed by atoms with van der Waals surface area (Å²) in [6.07, 6.45) is 2.29. The van der Waals surface area contributed by atoms with E-state index in [0.717, 1.165) is 28.9 Å². The molecule has 0 fully saturated rings. The van der Waals surface area contributed by atoms with Crippen molar-refractivity contribution >= 4 is 18.0 Å². The van der Waals surface area contributed by atoms with Gasteiger partial charge in [-0.05, 0) is 49.1 Å². The van der Waals surface area contributed by atoms with Gasteiger partial charge in [-0.3, -0.25) is 4.79 Å². The summed E-state index contributed by atoms with van der Waals surface area (Å²) in [4.78, 5) is 26.6. The van der Waals surface area contributed by atoms with E-state index >= 15 is 0 Å². The van der Waals surface area contributed by atoms with E-state index in [2.05, 4.69) is 10.6 Å². The molecule has 2 heterocycles. The summed E-state index contributed by atoms with van der Waals surface area (Å²) < 4.78 is 12.4. The first-order chi connectivity index (χ1) is 14.9. The Morgan fingerprint density at radius 3 is 2.68 bits per heavy atom. The number of aryl methyl sites for hydroxylation is 1. The molecule has 0 atom stereocenters. The van der Waals surface area contributed by atoms with E-state index < -0.39 is 5.97 Å². The van der Waals surface area contributed by atoms with Crippen molar-refractivity contribution in [1.29, 1.82) is 5.26 Å². The number of rotatable bonds is 7. The average molecular weight is 421 g/mol. The fourth-order valence-corrected chi connectivity index (χ4v) is 3.80. The highest BCUT2D eigenvalue weighted by Crippen LogP contribution is 2.20. The number of carbonyl (C=O) groups excluding carboxylic acids is 2. The summed E-state index contributed by atoms with van der Waals surface area (Å²) in [6, 6.07) is 11.8. The summed E-state index contributed by atoms with van der Waals surface area (Å²) in [7, 11) is 1.64. The van der Waals surface area contributed by atoms with Gasteiger partial charge in [-0.1, -0.05) is 24.3 Å². The predicted octanol–water partition coefficient (Wildman–Crippen LogP) is 2.79. The first kappa shape index (κ1) is 22.3. The zero-order valence-corrected chi connectivity index (χ0v) is 18.2. The molecule has 1 aromatic carbocycles. The molecule has 0 saturated heterocycles. The van der Waals surface area contributed by atoms with Gasteiger partial charge in [0, 0.05) is 38.1 Å². The van der Waals surface area contributed by atoms with E-state index in [0.29, 0.717) is 26.2 Å². The first-order valence-electron chi connectivity index (χ1n) is 10.2. The van der Waals surface area contributed by atoms with Crippen LogP contribution in [0.2, 0.25) is 0 Å². The van der Waals surface area contributed by atoms with Crippen molar-refractivity contribution in [1.82, 2.24) is 9.47 Å². The number of amides is 1. The van der Waals surface area contributed by atoms with Crippen LogP contribution in [-0.4, -0.2) is 48.2 Å². The van der Waals surface area contributed by atoms with Crippen LogP contribution >= 0.6 is 0 Å². The van der Waals surface area contributed by atoms with Crippen molar-refractivity contribution in [2.24, 2.45) is 0 Å². The standard InChI is InChI=1S/C24H27N3O4/c1-17-12-21(18(2)27(17)10-11-30-3)13-22(14-25)24(29)31-16-23(28)26-9-8-19-6-4-5-7-20(19)15-26/h4-7,12-13H,8-11,15-16H2,1-3H3/b22-13+. The lowest BCUT2D eigenvalue weighted by Crippen LogP contribution is -2.38. The Labute approximate surface area is 182 Å². The topological polar surface area (TPSA) is 84.6 Å². The molecule has 0 bridgehead atoms. The molecule has 1 aliphatic rings. The number of methoxy groups -OCH3 is 1. The number of fused-ring (bicyclic) bond motifs is 1. The van der Waals surface area contributed by atoms with Gasteiger partial charge in [0.05, 0.1) is 6.61 Å². The molecule has 0 unspecified atom stereocenters. The molecular formula is C24H27N3O4. The second kappa shape index (κ2) is 10.1. The predicted molar refractivity (Wildman–Crippen MR) is 116 cm³/mol. The molecule has 0 aliphatic carbocycles. The largest absolute Gasteiger partial charge is 0.451 e. The number of nitriles is 1. The number of benzene rings is 1. The molecular weight excluding hydrogens is 394 g/mol. The van der Waals surface area contributed by atoms with E-state index in [1.165, 1.54) is 11.6 Å². The average Bonchev–Trinajstić information content (AvgIpc) is 3.05.